The summed E-state index contributed by atoms with van der Waals surface area (Å²) in [6.07, 6.45) is -3.47. The fourth-order valence-corrected chi connectivity index (χ4v) is 4.79. The standard InChI is InChI=1S/C22H24F4N2O4S/c1-14(2)32-21(23,22(24,25)26)16-5-7-17(8-6-16)28-20(29)11-18-9-10-19(12-27-18)33(30,31)13-15-3-4-15/h5-10,12,14-15H,3-4,11,13H2,1-2H3,(H,28,29). The second-order valence-electron chi connectivity index (χ2n) is 8.27. The molecule has 0 bridgehead atoms. The number of hydrogen-bond donors (Lipinski definition) is 1. The molecule has 1 fully saturated rings. The van der Waals surface area contributed by atoms with Gasteiger partial charge in [-0.05, 0) is 56.9 Å². The van der Waals surface area contributed by atoms with Crippen LogP contribution in [-0.2, 0) is 31.6 Å². The molecule has 3 rings (SSSR count). The van der Waals surface area contributed by atoms with E-state index in [1.165, 1.54) is 32.2 Å². The van der Waals surface area contributed by atoms with Crippen molar-refractivity contribution in [1.29, 1.82) is 0 Å². The molecule has 1 aromatic carbocycles. The van der Waals surface area contributed by atoms with E-state index in [4.69, 9.17) is 0 Å². The van der Waals surface area contributed by atoms with Crippen LogP contribution in [0.3, 0.4) is 0 Å². The molecule has 1 saturated carbocycles. The molecular weight excluding hydrogens is 464 g/mol. The first-order valence-electron chi connectivity index (χ1n) is 10.3. The molecule has 1 N–H and O–H groups in total. The van der Waals surface area contributed by atoms with E-state index in [9.17, 15) is 30.8 Å². The number of pyridine rings is 1. The number of nitrogens with one attached hydrogen (secondary N) is 1. The maximum Gasteiger partial charge on any atom is 0.453 e. The number of hydrogen-bond acceptors (Lipinski definition) is 5. The monoisotopic (exact) mass is 488 g/mol. The molecule has 1 aliphatic rings. The summed E-state index contributed by atoms with van der Waals surface area (Å²) in [4.78, 5) is 16.4. The molecule has 1 aromatic heterocycles. The molecule has 33 heavy (non-hydrogen) atoms. The van der Waals surface area contributed by atoms with Gasteiger partial charge in [0.15, 0.2) is 9.84 Å². The molecule has 1 heterocycles. The van der Waals surface area contributed by atoms with E-state index in [0.717, 1.165) is 37.1 Å². The topological polar surface area (TPSA) is 85.4 Å². The van der Waals surface area contributed by atoms with Crippen molar-refractivity contribution >= 4 is 21.4 Å². The van der Waals surface area contributed by atoms with Crippen molar-refractivity contribution in [2.75, 3.05) is 11.1 Å². The minimum absolute atomic E-state index is 0.0845. The largest absolute Gasteiger partial charge is 0.453 e. The fourth-order valence-electron chi connectivity index (χ4n) is 3.15. The molecule has 0 radical (unpaired) electrons. The number of amides is 1. The van der Waals surface area contributed by atoms with Gasteiger partial charge < -0.3 is 10.1 Å². The van der Waals surface area contributed by atoms with Crippen molar-refractivity contribution in [3.63, 3.8) is 0 Å². The van der Waals surface area contributed by atoms with E-state index >= 15 is 0 Å². The Kier molecular flexibility index (Phi) is 7.13. The SMILES string of the molecule is CC(C)OC(F)(c1ccc(NC(=O)Cc2ccc(S(=O)(=O)CC3CC3)cn2)cc1)C(F)(F)F. The van der Waals surface area contributed by atoms with Crippen LogP contribution in [-0.4, -0.2) is 37.3 Å². The first-order chi connectivity index (χ1) is 15.3. The second-order valence-corrected chi connectivity index (χ2v) is 10.3. The number of nitrogens with zero attached hydrogens (tertiary/aromatic N) is 1. The molecule has 1 aliphatic carbocycles. The average Bonchev–Trinajstić information content (AvgIpc) is 3.50. The van der Waals surface area contributed by atoms with Gasteiger partial charge in [0.25, 0.3) is 0 Å². The zero-order valence-electron chi connectivity index (χ0n) is 18.0. The third kappa shape index (κ3) is 6.29. The predicted octanol–water partition coefficient (Wildman–Crippen LogP) is 4.56. The number of ether oxygens (including phenoxy) is 1. The molecule has 1 unspecified atom stereocenters. The Labute approximate surface area is 189 Å². The van der Waals surface area contributed by atoms with Crippen LogP contribution in [0.5, 0.6) is 0 Å². The lowest BCUT2D eigenvalue weighted by atomic mass is 10.1. The van der Waals surface area contributed by atoms with Crippen LogP contribution in [0.4, 0.5) is 23.2 Å². The lowest BCUT2D eigenvalue weighted by Gasteiger charge is -2.30. The van der Waals surface area contributed by atoms with Crippen LogP contribution < -0.4 is 5.32 Å². The Hall–Kier alpha value is -2.53. The molecule has 0 aliphatic heterocycles. The summed E-state index contributed by atoms with van der Waals surface area (Å²) in [5.74, 6) is -4.22. The first-order valence-corrected chi connectivity index (χ1v) is 12.0. The third-order valence-electron chi connectivity index (χ3n) is 4.95. The van der Waals surface area contributed by atoms with Gasteiger partial charge in [-0.3, -0.25) is 9.78 Å². The lowest BCUT2D eigenvalue weighted by molar-refractivity contribution is -0.351. The zero-order chi connectivity index (χ0) is 24.4. The van der Waals surface area contributed by atoms with Gasteiger partial charge in [0.2, 0.25) is 5.91 Å². The van der Waals surface area contributed by atoms with E-state index in [0.29, 0.717) is 5.69 Å². The van der Waals surface area contributed by atoms with Crippen LogP contribution in [0, 0.1) is 5.92 Å². The zero-order valence-corrected chi connectivity index (χ0v) is 18.8. The lowest BCUT2D eigenvalue weighted by Crippen LogP contribution is -2.42. The van der Waals surface area contributed by atoms with E-state index in [1.807, 2.05) is 0 Å². The van der Waals surface area contributed by atoms with Crippen molar-refractivity contribution in [2.24, 2.45) is 5.92 Å². The Morgan fingerprint density at radius 3 is 2.24 bits per heavy atom. The van der Waals surface area contributed by atoms with Crippen molar-refractivity contribution in [3.05, 3.63) is 53.9 Å². The van der Waals surface area contributed by atoms with Gasteiger partial charge in [0.05, 0.1) is 23.2 Å². The van der Waals surface area contributed by atoms with E-state index < -0.39 is 39.4 Å². The summed E-state index contributed by atoms with van der Waals surface area (Å²) < 4.78 is 83.5. The van der Waals surface area contributed by atoms with Gasteiger partial charge in [-0.25, -0.2) is 8.42 Å². The molecule has 2 aromatic rings. The summed E-state index contributed by atoms with van der Waals surface area (Å²) in [6.45, 7) is 2.58. The number of halogens is 4. The van der Waals surface area contributed by atoms with Crippen LogP contribution in [0.25, 0.3) is 0 Å². The summed E-state index contributed by atoms with van der Waals surface area (Å²) in [5.41, 5.74) is -0.271. The van der Waals surface area contributed by atoms with Gasteiger partial charge in [-0.1, -0.05) is 12.1 Å². The second kappa shape index (κ2) is 9.38. The van der Waals surface area contributed by atoms with Crippen molar-refractivity contribution in [1.82, 2.24) is 4.98 Å². The molecule has 0 spiro atoms. The van der Waals surface area contributed by atoms with Crippen LogP contribution in [0.2, 0.25) is 0 Å². The Morgan fingerprint density at radius 1 is 1.12 bits per heavy atom. The number of aromatic nitrogens is 1. The van der Waals surface area contributed by atoms with Crippen molar-refractivity contribution in [3.8, 4) is 0 Å². The van der Waals surface area contributed by atoms with Crippen LogP contribution >= 0.6 is 0 Å². The number of anilines is 1. The molecule has 0 saturated heterocycles. The summed E-state index contributed by atoms with van der Waals surface area (Å²) in [6, 6.07) is 6.89. The Balaban J connectivity index is 1.63. The quantitative estimate of drug-likeness (QED) is 0.524. The van der Waals surface area contributed by atoms with E-state index in [1.54, 1.807) is 0 Å². The van der Waals surface area contributed by atoms with Crippen molar-refractivity contribution in [2.45, 2.75) is 56.1 Å². The van der Waals surface area contributed by atoms with E-state index in [2.05, 4.69) is 15.0 Å². The Morgan fingerprint density at radius 2 is 1.76 bits per heavy atom. The van der Waals surface area contributed by atoms with Crippen LogP contribution in [0.1, 0.15) is 37.9 Å². The molecule has 11 heteroatoms. The van der Waals surface area contributed by atoms with Crippen molar-refractivity contribution < 1.29 is 35.5 Å². The number of rotatable bonds is 9. The van der Waals surface area contributed by atoms with Gasteiger partial charge in [0.1, 0.15) is 0 Å². The number of carbonyl (C=O) groups is 1. The highest BCUT2D eigenvalue weighted by atomic mass is 32.2. The summed E-state index contributed by atoms with van der Waals surface area (Å²) >= 11 is 0. The highest BCUT2D eigenvalue weighted by molar-refractivity contribution is 7.91. The molecule has 1 amide bonds. The van der Waals surface area contributed by atoms with Gasteiger partial charge in [-0.15, -0.1) is 0 Å². The normalized spacial score (nSPS) is 16.5. The highest BCUT2D eigenvalue weighted by Gasteiger charge is 2.59. The highest BCUT2D eigenvalue weighted by Crippen LogP contribution is 2.44. The predicted molar refractivity (Wildman–Crippen MR) is 113 cm³/mol. The smallest absolute Gasteiger partial charge is 0.333 e. The number of benzene rings is 1. The summed E-state index contributed by atoms with van der Waals surface area (Å²) in [7, 11) is -3.41. The maximum absolute atomic E-state index is 14.7. The third-order valence-corrected chi connectivity index (χ3v) is 6.82. The van der Waals surface area contributed by atoms with Gasteiger partial charge in [0, 0.05) is 23.1 Å². The molecule has 1 atom stereocenters. The van der Waals surface area contributed by atoms with Gasteiger partial charge in [-0.2, -0.15) is 17.6 Å². The van der Waals surface area contributed by atoms with Crippen LogP contribution in [0.15, 0.2) is 47.5 Å². The minimum atomic E-state index is -5.29. The summed E-state index contributed by atoms with van der Waals surface area (Å²) in [5, 5.41) is 2.49. The maximum atomic E-state index is 14.7. The number of carbonyl (C=O) groups excluding carboxylic acids is 1. The molecule has 180 valence electrons. The fraction of sp³-hybridized carbons (Fsp3) is 0.455. The Bertz CT molecular complexity index is 1080. The van der Waals surface area contributed by atoms with E-state index in [-0.39, 0.29) is 28.7 Å². The molecular formula is C22H24F4N2O4S. The average molecular weight is 489 g/mol. The minimum Gasteiger partial charge on any atom is -0.333 e. The number of alkyl halides is 4. The molecule has 6 nitrogen and oxygen atoms in total. The van der Waals surface area contributed by atoms with Gasteiger partial charge >= 0.3 is 12.0 Å². The number of sulfone groups is 1. The first kappa shape index (κ1) is 25.1.